The largest absolute Gasteiger partial charge is 0.278 e. The first kappa shape index (κ1) is 19.9. The second-order valence-electron chi connectivity index (χ2n) is 6.46. The van der Waals surface area contributed by atoms with E-state index in [1.807, 2.05) is 67.8 Å². The number of thioether (sulfide) groups is 1. The van der Waals surface area contributed by atoms with Gasteiger partial charge in [-0.05, 0) is 67.3 Å². The highest BCUT2D eigenvalue weighted by molar-refractivity contribution is 7.98. The number of aryl methyl sites for hydroxylation is 1. The van der Waals surface area contributed by atoms with E-state index in [9.17, 15) is 4.79 Å². The van der Waals surface area contributed by atoms with Gasteiger partial charge in [0, 0.05) is 21.7 Å². The molecule has 7 heteroatoms. The summed E-state index contributed by atoms with van der Waals surface area (Å²) in [6.07, 6.45) is 3.74. The van der Waals surface area contributed by atoms with Gasteiger partial charge in [0.1, 0.15) is 0 Å². The minimum absolute atomic E-state index is 0.105. The van der Waals surface area contributed by atoms with Crippen molar-refractivity contribution < 1.29 is 4.79 Å². The van der Waals surface area contributed by atoms with Gasteiger partial charge in [-0.25, -0.2) is 4.98 Å². The van der Waals surface area contributed by atoms with E-state index in [2.05, 4.69) is 4.98 Å². The average Bonchev–Trinajstić information content (AvgIpc) is 3.20. The Balaban J connectivity index is 1.77. The van der Waals surface area contributed by atoms with Crippen LogP contribution in [0.25, 0.3) is 10.2 Å². The Morgan fingerprint density at radius 2 is 1.93 bits per heavy atom. The Hall–Kier alpha value is -2.41. The van der Waals surface area contributed by atoms with Crippen molar-refractivity contribution in [2.75, 3.05) is 11.2 Å². The molecule has 0 unspecified atom stereocenters. The van der Waals surface area contributed by atoms with Gasteiger partial charge in [0.2, 0.25) is 0 Å². The van der Waals surface area contributed by atoms with Gasteiger partial charge in [-0.2, -0.15) is 0 Å². The van der Waals surface area contributed by atoms with E-state index in [4.69, 9.17) is 16.6 Å². The summed E-state index contributed by atoms with van der Waals surface area (Å²) in [4.78, 5) is 25.4. The molecule has 1 amide bonds. The first-order valence-corrected chi connectivity index (χ1v) is 11.4. The van der Waals surface area contributed by atoms with Gasteiger partial charge in [-0.15, -0.1) is 11.8 Å². The molecule has 4 aromatic rings. The van der Waals surface area contributed by atoms with Crippen molar-refractivity contribution in [1.82, 2.24) is 9.97 Å². The predicted molar refractivity (Wildman–Crippen MR) is 122 cm³/mol. The summed E-state index contributed by atoms with van der Waals surface area (Å²) in [6.45, 7) is 2.29. The molecule has 0 saturated heterocycles. The monoisotopic (exact) mass is 439 g/mol. The van der Waals surface area contributed by atoms with Crippen LogP contribution >= 0.6 is 34.7 Å². The maximum Gasteiger partial charge on any atom is 0.260 e. The van der Waals surface area contributed by atoms with Gasteiger partial charge in [0.25, 0.3) is 5.91 Å². The third-order valence-electron chi connectivity index (χ3n) is 4.60. The van der Waals surface area contributed by atoms with Crippen LogP contribution in [0, 0.1) is 6.92 Å². The fourth-order valence-electron chi connectivity index (χ4n) is 2.97. The smallest absolute Gasteiger partial charge is 0.260 e. The summed E-state index contributed by atoms with van der Waals surface area (Å²) < 4.78 is 0.999. The highest BCUT2D eigenvalue weighted by Crippen LogP contribution is 2.34. The molecule has 2 aromatic carbocycles. The molecule has 2 heterocycles. The average molecular weight is 440 g/mol. The molecule has 0 radical (unpaired) electrons. The molecule has 29 heavy (non-hydrogen) atoms. The second-order valence-corrected chi connectivity index (χ2v) is 8.75. The van der Waals surface area contributed by atoms with Crippen LogP contribution in [-0.4, -0.2) is 22.1 Å². The van der Waals surface area contributed by atoms with Gasteiger partial charge in [0.05, 0.1) is 22.5 Å². The van der Waals surface area contributed by atoms with Gasteiger partial charge in [-0.3, -0.25) is 14.7 Å². The molecule has 0 fully saturated rings. The van der Waals surface area contributed by atoms with Crippen molar-refractivity contribution in [2.45, 2.75) is 18.4 Å². The number of rotatable bonds is 5. The molecule has 4 nitrogen and oxygen atoms in total. The maximum atomic E-state index is 13.4. The van der Waals surface area contributed by atoms with E-state index in [1.165, 1.54) is 11.3 Å². The number of aromatic nitrogens is 2. The normalized spacial score (nSPS) is 11.0. The van der Waals surface area contributed by atoms with E-state index in [1.54, 1.807) is 22.9 Å². The maximum absolute atomic E-state index is 13.4. The Morgan fingerprint density at radius 3 is 2.62 bits per heavy atom. The Bertz CT molecular complexity index is 1160. The van der Waals surface area contributed by atoms with Crippen LogP contribution in [0.4, 0.5) is 5.13 Å². The lowest BCUT2D eigenvalue weighted by Gasteiger charge is -2.19. The van der Waals surface area contributed by atoms with Crippen molar-refractivity contribution in [3.8, 4) is 0 Å². The van der Waals surface area contributed by atoms with E-state index in [-0.39, 0.29) is 5.91 Å². The molecule has 0 N–H and O–H groups in total. The second kappa shape index (κ2) is 8.53. The molecule has 0 saturated carbocycles. The van der Waals surface area contributed by atoms with E-state index in [0.717, 1.165) is 26.4 Å². The molecule has 4 rings (SSSR count). The highest BCUT2D eigenvalue weighted by atomic mass is 35.5. The Kier molecular flexibility index (Phi) is 5.85. The Morgan fingerprint density at radius 1 is 1.14 bits per heavy atom. The first-order chi connectivity index (χ1) is 14.1. The SMILES string of the molecule is CSc1ccc(C(=O)N(Cc2ccccn2)c2nc3c(C)c(Cl)ccc3s2)cc1. The molecule has 0 bridgehead atoms. The Labute approximate surface area is 182 Å². The van der Waals surface area contributed by atoms with E-state index >= 15 is 0 Å². The third-order valence-corrected chi connectivity index (χ3v) is 6.79. The molecule has 0 aliphatic heterocycles. The van der Waals surface area contributed by atoms with E-state index < -0.39 is 0 Å². The number of halogens is 1. The van der Waals surface area contributed by atoms with Gasteiger partial charge >= 0.3 is 0 Å². The third kappa shape index (κ3) is 4.15. The molecule has 0 aliphatic rings. The van der Waals surface area contributed by atoms with Crippen LogP contribution in [0.3, 0.4) is 0 Å². The number of benzene rings is 2. The fourth-order valence-corrected chi connectivity index (χ4v) is 4.56. The molecule has 0 spiro atoms. The minimum Gasteiger partial charge on any atom is -0.278 e. The molecule has 0 aliphatic carbocycles. The number of carbonyl (C=O) groups excluding carboxylic acids is 1. The fraction of sp³-hybridized carbons (Fsp3) is 0.136. The number of hydrogen-bond donors (Lipinski definition) is 0. The number of carbonyl (C=O) groups is 1. The zero-order chi connectivity index (χ0) is 20.4. The molecule has 146 valence electrons. The zero-order valence-electron chi connectivity index (χ0n) is 15.9. The van der Waals surface area contributed by atoms with Crippen molar-refractivity contribution >= 4 is 56.0 Å². The van der Waals surface area contributed by atoms with Gasteiger partial charge in [-0.1, -0.05) is 29.0 Å². The standard InChI is InChI=1S/C22H18ClN3OS2/c1-14-18(23)10-11-19-20(14)25-22(29-19)26(13-16-5-3-4-12-24-16)21(27)15-6-8-17(28-2)9-7-15/h3-12H,13H2,1-2H3. The van der Waals surface area contributed by atoms with Crippen molar-refractivity contribution in [3.63, 3.8) is 0 Å². The highest BCUT2D eigenvalue weighted by Gasteiger charge is 2.23. The topological polar surface area (TPSA) is 46.1 Å². The van der Waals surface area contributed by atoms with Crippen LogP contribution in [0.1, 0.15) is 21.6 Å². The number of fused-ring (bicyclic) bond motifs is 1. The summed E-state index contributed by atoms with van der Waals surface area (Å²) in [5.41, 5.74) is 3.17. The first-order valence-electron chi connectivity index (χ1n) is 8.98. The van der Waals surface area contributed by atoms with Gasteiger partial charge in [0.15, 0.2) is 5.13 Å². The summed E-state index contributed by atoms with van der Waals surface area (Å²) in [5, 5.41) is 1.31. The minimum atomic E-state index is -0.105. The number of amides is 1. The summed E-state index contributed by atoms with van der Waals surface area (Å²) in [6, 6.07) is 17.1. The number of anilines is 1. The predicted octanol–water partition coefficient (Wildman–Crippen LogP) is 6.22. The quantitative estimate of drug-likeness (QED) is 0.346. The summed E-state index contributed by atoms with van der Waals surface area (Å²) in [7, 11) is 0. The zero-order valence-corrected chi connectivity index (χ0v) is 18.3. The molecule has 0 atom stereocenters. The number of pyridine rings is 1. The molecular weight excluding hydrogens is 422 g/mol. The van der Waals surface area contributed by atoms with Crippen molar-refractivity contribution in [2.24, 2.45) is 0 Å². The number of hydrogen-bond acceptors (Lipinski definition) is 5. The lowest BCUT2D eigenvalue weighted by molar-refractivity contribution is 0.0984. The van der Waals surface area contributed by atoms with E-state index in [0.29, 0.717) is 22.3 Å². The number of nitrogens with zero attached hydrogens (tertiary/aromatic N) is 3. The molecular formula is C22H18ClN3OS2. The van der Waals surface area contributed by atoms with Crippen molar-refractivity contribution in [3.05, 3.63) is 82.6 Å². The van der Waals surface area contributed by atoms with Crippen LogP contribution in [0.2, 0.25) is 5.02 Å². The van der Waals surface area contributed by atoms with Crippen LogP contribution in [-0.2, 0) is 6.54 Å². The van der Waals surface area contributed by atoms with Crippen LogP contribution in [0.15, 0.2) is 65.7 Å². The lowest BCUT2D eigenvalue weighted by atomic mass is 10.2. The van der Waals surface area contributed by atoms with Crippen LogP contribution in [0.5, 0.6) is 0 Å². The molecule has 2 aromatic heterocycles. The summed E-state index contributed by atoms with van der Waals surface area (Å²) >= 11 is 9.39. The van der Waals surface area contributed by atoms with Crippen LogP contribution < -0.4 is 4.90 Å². The lowest BCUT2D eigenvalue weighted by Crippen LogP contribution is -2.30. The summed E-state index contributed by atoms with van der Waals surface area (Å²) in [5.74, 6) is -0.105. The van der Waals surface area contributed by atoms with Gasteiger partial charge < -0.3 is 0 Å². The van der Waals surface area contributed by atoms with Crippen molar-refractivity contribution in [1.29, 1.82) is 0 Å². The number of thiazole rings is 1.